The first-order valence-electron chi connectivity index (χ1n) is 9.83. The number of amides is 1. The lowest BCUT2D eigenvalue weighted by Crippen LogP contribution is -2.32. The summed E-state index contributed by atoms with van der Waals surface area (Å²) < 4.78 is 0. The maximum absolute atomic E-state index is 12.7. The second-order valence-electron chi connectivity index (χ2n) is 7.50. The number of nitro benzene ring substituents is 1. The number of fused-ring (bicyclic) bond motifs is 3. The minimum Gasteiger partial charge on any atom is -0.508 e. The molecule has 2 aromatic rings. The van der Waals surface area contributed by atoms with Gasteiger partial charge < -0.3 is 15.7 Å². The summed E-state index contributed by atoms with van der Waals surface area (Å²) in [6.45, 7) is 2.58. The highest BCUT2D eigenvalue weighted by Gasteiger charge is 2.40. The Morgan fingerprint density at radius 1 is 1.31 bits per heavy atom. The monoisotopic (exact) mass is 393 g/mol. The summed E-state index contributed by atoms with van der Waals surface area (Å²) in [7, 11) is 0. The smallest absolute Gasteiger partial charge is 0.270 e. The standard InChI is InChI=1S/C22H23N3O4/c1-2-11-23-22(27)17-8-4-7-15-14-5-3-6-16(14)21(24-20(15)17)18-12-13(25(28)29)9-10-19(18)26/h3-5,7-10,12,14,16,21,24,26H,2,6,11H2,1H3,(H,23,27). The minimum atomic E-state index is -0.465. The van der Waals surface area contributed by atoms with Gasteiger partial charge in [-0.3, -0.25) is 14.9 Å². The van der Waals surface area contributed by atoms with Crippen molar-refractivity contribution >= 4 is 17.3 Å². The van der Waals surface area contributed by atoms with Crippen LogP contribution in [0.25, 0.3) is 0 Å². The summed E-state index contributed by atoms with van der Waals surface area (Å²) in [5.74, 6) is 0.0342. The Morgan fingerprint density at radius 3 is 2.90 bits per heavy atom. The van der Waals surface area contributed by atoms with Crippen molar-refractivity contribution in [2.75, 3.05) is 11.9 Å². The predicted molar refractivity (Wildman–Crippen MR) is 110 cm³/mol. The van der Waals surface area contributed by atoms with Crippen LogP contribution in [0.1, 0.15) is 53.2 Å². The van der Waals surface area contributed by atoms with Crippen LogP contribution in [0, 0.1) is 16.0 Å². The molecule has 0 fully saturated rings. The van der Waals surface area contributed by atoms with Crippen molar-refractivity contribution in [1.29, 1.82) is 0 Å². The van der Waals surface area contributed by atoms with E-state index in [4.69, 9.17) is 0 Å². The fourth-order valence-electron chi connectivity index (χ4n) is 4.36. The third-order valence-electron chi connectivity index (χ3n) is 5.73. The Labute approximate surface area is 168 Å². The van der Waals surface area contributed by atoms with Crippen molar-refractivity contribution in [3.63, 3.8) is 0 Å². The zero-order valence-corrected chi connectivity index (χ0v) is 16.1. The van der Waals surface area contributed by atoms with E-state index in [1.807, 2.05) is 19.1 Å². The maximum Gasteiger partial charge on any atom is 0.270 e. The lowest BCUT2D eigenvalue weighted by molar-refractivity contribution is -0.385. The molecule has 0 saturated carbocycles. The van der Waals surface area contributed by atoms with E-state index in [2.05, 4.69) is 22.8 Å². The number of rotatable bonds is 5. The number of anilines is 1. The second-order valence-corrected chi connectivity index (χ2v) is 7.50. The van der Waals surface area contributed by atoms with Crippen LogP contribution < -0.4 is 10.6 Å². The van der Waals surface area contributed by atoms with Crippen LogP contribution in [0.3, 0.4) is 0 Å². The van der Waals surface area contributed by atoms with Crippen LogP contribution in [-0.4, -0.2) is 22.5 Å². The van der Waals surface area contributed by atoms with E-state index in [1.165, 1.54) is 18.2 Å². The zero-order chi connectivity index (χ0) is 20.5. The molecule has 1 heterocycles. The number of phenols is 1. The molecule has 0 spiro atoms. The third kappa shape index (κ3) is 3.33. The Bertz CT molecular complexity index is 1000. The third-order valence-corrected chi connectivity index (χ3v) is 5.73. The van der Waals surface area contributed by atoms with Crippen molar-refractivity contribution in [3.8, 4) is 5.75 Å². The lowest BCUT2D eigenvalue weighted by atomic mass is 9.76. The average Bonchev–Trinajstić information content (AvgIpc) is 3.21. The number of hydrogen-bond acceptors (Lipinski definition) is 5. The molecule has 7 heteroatoms. The molecule has 1 amide bonds. The van der Waals surface area contributed by atoms with E-state index in [1.54, 1.807) is 6.07 Å². The fourth-order valence-corrected chi connectivity index (χ4v) is 4.36. The molecule has 3 N–H and O–H groups in total. The number of carbonyl (C=O) groups is 1. The van der Waals surface area contributed by atoms with Crippen molar-refractivity contribution in [2.24, 2.45) is 5.92 Å². The minimum absolute atomic E-state index is 0.00937. The van der Waals surface area contributed by atoms with Gasteiger partial charge in [-0.2, -0.15) is 0 Å². The number of para-hydroxylation sites is 1. The first-order chi connectivity index (χ1) is 14.0. The first-order valence-corrected chi connectivity index (χ1v) is 9.83. The fraction of sp³-hybridized carbons (Fsp3) is 0.318. The quantitative estimate of drug-likeness (QED) is 0.400. The number of benzene rings is 2. The summed E-state index contributed by atoms with van der Waals surface area (Å²) in [6, 6.07) is 9.41. The van der Waals surface area contributed by atoms with Gasteiger partial charge in [0.25, 0.3) is 11.6 Å². The van der Waals surface area contributed by atoms with E-state index < -0.39 is 4.92 Å². The summed E-state index contributed by atoms with van der Waals surface area (Å²) in [4.78, 5) is 23.5. The van der Waals surface area contributed by atoms with Gasteiger partial charge in [-0.25, -0.2) is 0 Å². The zero-order valence-electron chi connectivity index (χ0n) is 16.1. The Balaban J connectivity index is 1.79. The van der Waals surface area contributed by atoms with Gasteiger partial charge in [0.05, 0.1) is 22.2 Å². The van der Waals surface area contributed by atoms with Crippen LogP contribution in [0.5, 0.6) is 5.75 Å². The lowest BCUT2D eigenvalue weighted by Gasteiger charge is -2.38. The molecular weight excluding hydrogens is 370 g/mol. The topological polar surface area (TPSA) is 104 Å². The summed E-state index contributed by atoms with van der Waals surface area (Å²) >= 11 is 0. The molecule has 2 aromatic carbocycles. The number of phenolic OH excluding ortho intramolecular Hbond substituents is 1. The van der Waals surface area contributed by atoms with E-state index in [0.717, 1.165) is 24.1 Å². The number of nitrogens with one attached hydrogen (secondary N) is 2. The summed E-state index contributed by atoms with van der Waals surface area (Å²) in [5, 5.41) is 28.1. The highest BCUT2D eigenvalue weighted by atomic mass is 16.6. The van der Waals surface area contributed by atoms with Gasteiger partial charge in [-0.05, 0) is 36.5 Å². The van der Waals surface area contributed by atoms with Gasteiger partial charge >= 0.3 is 0 Å². The van der Waals surface area contributed by atoms with Gasteiger partial charge in [0.1, 0.15) is 5.75 Å². The number of allylic oxidation sites excluding steroid dienone is 2. The normalized spacial score (nSPS) is 21.8. The molecule has 4 rings (SSSR count). The van der Waals surface area contributed by atoms with Gasteiger partial charge in [0.2, 0.25) is 0 Å². The van der Waals surface area contributed by atoms with Crippen LogP contribution in [0.4, 0.5) is 11.4 Å². The first kappa shape index (κ1) is 19.0. The molecule has 2 aliphatic rings. The molecule has 0 bridgehead atoms. The molecule has 7 nitrogen and oxygen atoms in total. The van der Waals surface area contributed by atoms with Crippen molar-refractivity contribution < 1.29 is 14.8 Å². The number of aromatic hydroxyl groups is 1. The predicted octanol–water partition coefficient (Wildman–Crippen LogP) is 4.27. The Kier molecular flexibility index (Phi) is 4.96. The largest absolute Gasteiger partial charge is 0.508 e. The van der Waals surface area contributed by atoms with Gasteiger partial charge in [-0.15, -0.1) is 0 Å². The number of nitrogens with zero attached hydrogens (tertiary/aromatic N) is 1. The molecule has 150 valence electrons. The van der Waals surface area contributed by atoms with Crippen molar-refractivity contribution in [3.05, 3.63) is 75.4 Å². The van der Waals surface area contributed by atoms with Crippen LogP contribution in [0.15, 0.2) is 48.6 Å². The summed E-state index contributed by atoms with van der Waals surface area (Å²) in [5.41, 5.74) is 2.72. The molecule has 29 heavy (non-hydrogen) atoms. The number of non-ortho nitro benzene ring substituents is 1. The molecule has 3 unspecified atom stereocenters. The van der Waals surface area contributed by atoms with E-state index in [0.29, 0.717) is 17.7 Å². The molecule has 1 aliphatic carbocycles. The summed E-state index contributed by atoms with van der Waals surface area (Å²) in [6.07, 6.45) is 5.85. The molecule has 0 radical (unpaired) electrons. The SMILES string of the molecule is CCCNC(=O)c1cccc2c1NC(c1cc([N+](=O)[O-])ccc1O)C1CC=CC21. The molecular formula is C22H23N3O4. The Hall–Kier alpha value is -3.35. The van der Waals surface area contributed by atoms with Crippen molar-refractivity contribution in [1.82, 2.24) is 5.32 Å². The van der Waals surface area contributed by atoms with Crippen LogP contribution in [0.2, 0.25) is 0 Å². The molecule has 0 aromatic heterocycles. The van der Waals surface area contributed by atoms with Gasteiger partial charge in [0, 0.05) is 30.2 Å². The number of carbonyl (C=O) groups excluding carboxylic acids is 1. The van der Waals surface area contributed by atoms with Crippen LogP contribution in [-0.2, 0) is 0 Å². The Morgan fingerprint density at radius 2 is 2.14 bits per heavy atom. The highest BCUT2D eigenvalue weighted by molar-refractivity contribution is 6.00. The molecule has 1 aliphatic heterocycles. The molecule has 3 atom stereocenters. The van der Waals surface area contributed by atoms with E-state index >= 15 is 0 Å². The number of hydrogen-bond donors (Lipinski definition) is 3. The number of nitro groups is 1. The van der Waals surface area contributed by atoms with Crippen molar-refractivity contribution in [2.45, 2.75) is 31.7 Å². The van der Waals surface area contributed by atoms with Gasteiger partial charge in [-0.1, -0.05) is 31.2 Å². The maximum atomic E-state index is 12.7. The van der Waals surface area contributed by atoms with Gasteiger partial charge in [0.15, 0.2) is 0 Å². The highest BCUT2D eigenvalue weighted by Crippen LogP contribution is 2.52. The van der Waals surface area contributed by atoms with E-state index in [-0.39, 0.29) is 35.2 Å². The molecule has 0 saturated heterocycles. The van der Waals surface area contributed by atoms with Crippen LogP contribution >= 0.6 is 0 Å². The second kappa shape index (κ2) is 7.58. The average molecular weight is 393 g/mol. The van der Waals surface area contributed by atoms with E-state index in [9.17, 15) is 20.0 Å².